The number of hydrogen-bond acceptors (Lipinski definition) is 0. The largest absolute Gasteiger partial charge is 0.748 e. The zero-order valence-electron chi connectivity index (χ0n) is 10.0. The van der Waals surface area contributed by atoms with Crippen molar-refractivity contribution >= 4 is 27.5 Å². The van der Waals surface area contributed by atoms with Gasteiger partial charge in [-0.05, 0) is 4.47 Å². The van der Waals surface area contributed by atoms with Gasteiger partial charge in [-0.1, -0.05) is 35.4 Å². The van der Waals surface area contributed by atoms with E-state index in [1.807, 2.05) is 60.7 Å². The summed E-state index contributed by atoms with van der Waals surface area (Å²) in [4.78, 5) is 0. The predicted octanol–water partition coefficient (Wildman–Crippen LogP) is 5.89. The Morgan fingerprint density at radius 3 is 2.00 bits per heavy atom. The van der Waals surface area contributed by atoms with Crippen molar-refractivity contribution in [3.05, 3.63) is 82.3 Å². The molecule has 19 heavy (non-hydrogen) atoms. The first-order valence-corrected chi connectivity index (χ1v) is 6.78. The van der Waals surface area contributed by atoms with Crippen LogP contribution in [0.15, 0.2) is 77.3 Å². The molecule has 3 rings (SSSR count). The molecule has 0 unspecified atom stereocenters. The van der Waals surface area contributed by atoms with E-state index in [0.29, 0.717) is 0 Å². The maximum atomic E-state index is 5.91. The zero-order valence-corrected chi connectivity index (χ0v) is 13.5. The molecule has 0 saturated heterocycles. The molecule has 0 radical (unpaired) electrons. The average molecular weight is 375 g/mol. The second-order valence-electron chi connectivity index (χ2n) is 3.76. The van der Waals surface area contributed by atoms with Crippen molar-refractivity contribution in [2.45, 2.75) is 0 Å². The van der Waals surface area contributed by atoms with Crippen molar-refractivity contribution in [1.29, 1.82) is 0 Å². The second-order valence-corrected chi connectivity index (χ2v) is 5.05. The summed E-state index contributed by atoms with van der Waals surface area (Å²) in [6.45, 7) is 0. The van der Waals surface area contributed by atoms with E-state index in [2.05, 4.69) is 28.1 Å². The maximum Gasteiger partial charge on any atom is 0.00746 e. The van der Waals surface area contributed by atoms with Gasteiger partial charge in [-0.25, -0.2) is 0 Å². The van der Waals surface area contributed by atoms with Crippen LogP contribution in [0.3, 0.4) is 0 Å². The molecule has 0 heterocycles. The Kier molecular flexibility index (Phi) is 7.19. The Hall–Kier alpha value is -0.791. The van der Waals surface area contributed by atoms with Gasteiger partial charge in [0.1, 0.15) is 0 Å². The predicted molar refractivity (Wildman–Crippen MR) is 82.2 cm³/mol. The normalized spacial score (nSPS) is 9.16. The van der Waals surface area contributed by atoms with Crippen LogP contribution in [0.5, 0.6) is 0 Å². The molecule has 0 spiro atoms. The van der Waals surface area contributed by atoms with Crippen LogP contribution in [0.1, 0.15) is 0 Å². The van der Waals surface area contributed by atoms with Gasteiger partial charge in [0.15, 0.2) is 0 Å². The van der Waals surface area contributed by atoms with Crippen molar-refractivity contribution < 1.29 is 17.1 Å². The molecular weight excluding hydrogens is 363 g/mol. The van der Waals surface area contributed by atoms with Gasteiger partial charge in [0.2, 0.25) is 0 Å². The molecule has 0 nitrogen and oxygen atoms in total. The minimum Gasteiger partial charge on any atom is -0.748 e. The summed E-state index contributed by atoms with van der Waals surface area (Å²) >= 11 is 9.41. The van der Waals surface area contributed by atoms with Crippen LogP contribution in [0.25, 0.3) is 11.1 Å². The van der Waals surface area contributed by atoms with Crippen LogP contribution >= 0.6 is 27.5 Å². The van der Waals surface area contributed by atoms with Gasteiger partial charge in [-0.15, -0.1) is 33.6 Å². The molecule has 3 aromatic rings. The van der Waals surface area contributed by atoms with Gasteiger partial charge in [0.05, 0.1) is 0 Å². The molecule has 0 saturated carbocycles. The minimum atomic E-state index is 0. The van der Waals surface area contributed by atoms with E-state index in [4.69, 9.17) is 11.6 Å². The maximum absolute atomic E-state index is 5.91. The summed E-state index contributed by atoms with van der Waals surface area (Å²) in [6, 6.07) is 24.0. The van der Waals surface area contributed by atoms with E-state index in [0.717, 1.165) is 15.1 Å². The first-order valence-electron chi connectivity index (χ1n) is 5.61. The molecule has 0 aliphatic heterocycles. The first-order chi connectivity index (χ1) is 8.77. The van der Waals surface area contributed by atoms with E-state index in [1.54, 1.807) is 0 Å². The van der Waals surface area contributed by atoms with E-state index in [1.165, 1.54) is 5.56 Å². The SMILES string of the molecule is Clc1ccc(Br)c(-[c-]2cccc2)c1.[Fe].[cH-]1[cH-][cH-][cH-][cH-]1. The molecule has 0 fully saturated rings. The summed E-state index contributed by atoms with van der Waals surface area (Å²) in [5.74, 6) is 0. The average Bonchev–Trinajstić information content (AvgIpc) is 3.07. The zero-order chi connectivity index (χ0) is 12.8. The van der Waals surface area contributed by atoms with Gasteiger partial charge < -0.3 is 30.3 Å². The molecule has 0 aromatic heterocycles. The monoisotopic (exact) mass is 374 g/mol. The molecule has 0 N–H and O–H groups in total. The molecule has 104 valence electrons. The molecular formula is C16H12BrClFe-6. The molecule has 0 atom stereocenters. The van der Waals surface area contributed by atoms with Crippen molar-refractivity contribution in [2.75, 3.05) is 0 Å². The van der Waals surface area contributed by atoms with Crippen molar-refractivity contribution in [3.63, 3.8) is 0 Å². The Bertz CT molecular complexity index is 554. The van der Waals surface area contributed by atoms with Crippen LogP contribution < -0.4 is 0 Å². The van der Waals surface area contributed by atoms with Gasteiger partial charge >= 0.3 is 0 Å². The van der Waals surface area contributed by atoms with E-state index < -0.39 is 0 Å². The van der Waals surface area contributed by atoms with Crippen LogP contribution in [0.2, 0.25) is 5.02 Å². The topological polar surface area (TPSA) is 0 Å². The quantitative estimate of drug-likeness (QED) is 0.367. The van der Waals surface area contributed by atoms with Crippen molar-refractivity contribution in [2.24, 2.45) is 0 Å². The molecule has 0 amide bonds. The smallest absolute Gasteiger partial charge is 0.00746 e. The van der Waals surface area contributed by atoms with Crippen LogP contribution in [0.4, 0.5) is 0 Å². The fraction of sp³-hybridized carbons (Fsp3) is 0. The molecule has 0 aliphatic rings. The fourth-order valence-electron chi connectivity index (χ4n) is 1.59. The van der Waals surface area contributed by atoms with Crippen LogP contribution in [-0.4, -0.2) is 0 Å². The van der Waals surface area contributed by atoms with E-state index in [9.17, 15) is 0 Å². The van der Waals surface area contributed by atoms with E-state index in [-0.39, 0.29) is 17.1 Å². The minimum absolute atomic E-state index is 0. The Balaban J connectivity index is 0.000000256. The summed E-state index contributed by atoms with van der Waals surface area (Å²) < 4.78 is 1.07. The van der Waals surface area contributed by atoms with Gasteiger partial charge in [-0.2, -0.15) is 12.1 Å². The standard InChI is InChI=1S/C11H7BrCl.C5H5.Fe/c12-11-6-5-9(13)7-10(11)8-3-1-2-4-8;1-2-4-5-3-1;/h1-7H;1-5H;/q-1;-5;. The van der Waals surface area contributed by atoms with Crippen LogP contribution in [0, 0.1) is 0 Å². The summed E-state index contributed by atoms with van der Waals surface area (Å²) in [7, 11) is 0. The van der Waals surface area contributed by atoms with Crippen molar-refractivity contribution in [1.82, 2.24) is 0 Å². The third kappa shape index (κ3) is 5.00. The molecule has 0 bridgehead atoms. The van der Waals surface area contributed by atoms with E-state index >= 15 is 0 Å². The number of hydrogen-bond donors (Lipinski definition) is 0. The fourth-order valence-corrected chi connectivity index (χ4v) is 2.24. The summed E-state index contributed by atoms with van der Waals surface area (Å²) in [6.07, 6.45) is 0. The number of halogens is 2. The Morgan fingerprint density at radius 2 is 1.47 bits per heavy atom. The van der Waals surface area contributed by atoms with Crippen molar-refractivity contribution in [3.8, 4) is 11.1 Å². The van der Waals surface area contributed by atoms with Gasteiger partial charge in [0, 0.05) is 22.1 Å². The first kappa shape index (κ1) is 16.3. The Morgan fingerprint density at radius 1 is 0.947 bits per heavy atom. The van der Waals surface area contributed by atoms with Gasteiger partial charge in [-0.3, -0.25) is 0 Å². The summed E-state index contributed by atoms with van der Waals surface area (Å²) in [5.41, 5.74) is 2.33. The number of benzene rings is 1. The third-order valence-corrected chi connectivity index (χ3v) is 3.38. The molecule has 3 aromatic carbocycles. The number of rotatable bonds is 1. The third-order valence-electron chi connectivity index (χ3n) is 2.46. The van der Waals surface area contributed by atoms with Gasteiger partial charge in [0.25, 0.3) is 0 Å². The second kappa shape index (κ2) is 8.39. The van der Waals surface area contributed by atoms with Crippen LogP contribution in [-0.2, 0) is 17.1 Å². The Labute approximate surface area is 137 Å². The molecule has 3 heteroatoms. The molecule has 0 aliphatic carbocycles. The summed E-state index contributed by atoms with van der Waals surface area (Å²) in [5, 5.41) is 0.763.